The van der Waals surface area contributed by atoms with Crippen molar-refractivity contribution in [1.82, 2.24) is 9.29 Å². The predicted octanol–water partition coefficient (Wildman–Crippen LogP) is 2.81. The molecule has 0 radical (unpaired) electrons. The average Bonchev–Trinajstić information content (AvgIpc) is 2.99. The summed E-state index contributed by atoms with van der Waals surface area (Å²) in [4.78, 5) is 18.1. The number of methoxy groups -OCH3 is 1. The van der Waals surface area contributed by atoms with E-state index in [0.29, 0.717) is 36.8 Å². The summed E-state index contributed by atoms with van der Waals surface area (Å²) in [5, 5.41) is 3.46. The molecule has 1 aliphatic heterocycles. The number of amides is 1. The van der Waals surface area contributed by atoms with Crippen molar-refractivity contribution in [3.8, 4) is 5.75 Å². The number of aromatic nitrogens is 1. The zero-order valence-electron chi connectivity index (χ0n) is 15.6. The molecule has 0 bridgehead atoms. The number of benzene rings is 1. The van der Waals surface area contributed by atoms with Crippen LogP contribution in [0.1, 0.15) is 23.4 Å². The van der Waals surface area contributed by atoms with Crippen LogP contribution in [0.2, 0.25) is 0 Å². The lowest BCUT2D eigenvalue weighted by Crippen LogP contribution is -2.41. The third-order valence-corrected chi connectivity index (χ3v) is 7.68. The molecule has 0 atom stereocenters. The van der Waals surface area contributed by atoms with Crippen LogP contribution in [0, 0.1) is 19.8 Å². The first kappa shape index (κ1) is 19.8. The molecule has 1 fully saturated rings. The van der Waals surface area contributed by atoms with Gasteiger partial charge in [-0.05, 0) is 51.0 Å². The zero-order chi connectivity index (χ0) is 19.6. The topological polar surface area (TPSA) is 88.6 Å². The third kappa shape index (κ3) is 4.31. The predicted molar refractivity (Wildman–Crippen MR) is 105 cm³/mol. The lowest BCUT2D eigenvalue weighted by atomic mass is 9.97. The fourth-order valence-electron chi connectivity index (χ4n) is 2.99. The van der Waals surface area contributed by atoms with E-state index in [1.54, 1.807) is 24.3 Å². The second-order valence-corrected chi connectivity index (χ2v) is 9.64. The van der Waals surface area contributed by atoms with Crippen molar-refractivity contribution in [1.29, 1.82) is 0 Å². The molecule has 1 amide bonds. The molecule has 1 saturated heterocycles. The van der Waals surface area contributed by atoms with Crippen molar-refractivity contribution in [3.63, 3.8) is 0 Å². The highest BCUT2D eigenvalue weighted by molar-refractivity contribution is 7.89. The molecule has 0 aliphatic carbocycles. The fraction of sp³-hybridized carbons (Fsp3) is 0.444. The Morgan fingerprint density at radius 2 is 1.85 bits per heavy atom. The number of thiazole rings is 1. The average molecular weight is 410 g/mol. The van der Waals surface area contributed by atoms with E-state index in [-0.39, 0.29) is 16.7 Å². The minimum Gasteiger partial charge on any atom is -0.497 e. The van der Waals surface area contributed by atoms with Crippen molar-refractivity contribution in [2.75, 3.05) is 25.5 Å². The Hall–Kier alpha value is -1.97. The number of aryl methyl sites for hydroxylation is 2. The van der Waals surface area contributed by atoms with Gasteiger partial charge in [-0.2, -0.15) is 4.31 Å². The fourth-order valence-corrected chi connectivity index (χ4v) is 5.28. The summed E-state index contributed by atoms with van der Waals surface area (Å²) < 4.78 is 32.1. The minimum atomic E-state index is -3.56. The van der Waals surface area contributed by atoms with Crippen LogP contribution in [0.15, 0.2) is 29.2 Å². The van der Waals surface area contributed by atoms with Gasteiger partial charge in [0.15, 0.2) is 5.13 Å². The van der Waals surface area contributed by atoms with Crippen LogP contribution >= 0.6 is 11.3 Å². The van der Waals surface area contributed by atoms with Crippen LogP contribution in [0.3, 0.4) is 0 Å². The first-order chi connectivity index (χ1) is 12.8. The highest BCUT2D eigenvalue weighted by Crippen LogP contribution is 2.27. The van der Waals surface area contributed by atoms with E-state index in [1.165, 1.54) is 22.8 Å². The molecular weight excluding hydrogens is 386 g/mol. The van der Waals surface area contributed by atoms with E-state index >= 15 is 0 Å². The summed E-state index contributed by atoms with van der Waals surface area (Å²) in [6.07, 6.45) is 0.981. The van der Waals surface area contributed by atoms with Gasteiger partial charge in [0.2, 0.25) is 15.9 Å². The number of carbonyl (C=O) groups is 1. The van der Waals surface area contributed by atoms with E-state index in [2.05, 4.69) is 10.3 Å². The molecule has 2 aromatic rings. The third-order valence-electron chi connectivity index (χ3n) is 4.78. The SMILES string of the molecule is COc1ccc(S(=O)(=O)N2CCC(C(=O)Nc3nc(C)c(C)s3)CC2)cc1. The number of hydrogen-bond donors (Lipinski definition) is 1. The maximum Gasteiger partial charge on any atom is 0.243 e. The highest BCUT2D eigenvalue weighted by Gasteiger charge is 2.32. The molecule has 1 aromatic heterocycles. The number of nitrogens with zero attached hydrogens (tertiary/aromatic N) is 2. The lowest BCUT2D eigenvalue weighted by molar-refractivity contribution is -0.120. The highest BCUT2D eigenvalue weighted by atomic mass is 32.2. The molecule has 7 nitrogen and oxygen atoms in total. The van der Waals surface area contributed by atoms with Gasteiger partial charge in [-0.3, -0.25) is 4.79 Å². The van der Waals surface area contributed by atoms with Gasteiger partial charge in [-0.1, -0.05) is 0 Å². The van der Waals surface area contributed by atoms with Crippen molar-refractivity contribution in [2.24, 2.45) is 5.92 Å². The maximum absolute atomic E-state index is 12.8. The summed E-state index contributed by atoms with van der Waals surface area (Å²) >= 11 is 1.45. The van der Waals surface area contributed by atoms with Crippen LogP contribution in [-0.2, 0) is 14.8 Å². The standard InChI is InChI=1S/C18H23N3O4S2/c1-12-13(2)26-18(19-12)20-17(22)14-8-10-21(11-9-14)27(23,24)16-6-4-15(25-3)5-7-16/h4-7,14H,8-11H2,1-3H3,(H,19,20,22). The Kier molecular flexibility index (Phi) is 5.83. The Morgan fingerprint density at radius 3 is 2.37 bits per heavy atom. The number of hydrogen-bond acceptors (Lipinski definition) is 6. The number of anilines is 1. The Morgan fingerprint density at radius 1 is 1.22 bits per heavy atom. The van der Waals surface area contributed by atoms with Gasteiger partial charge in [0.25, 0.3) is 0 Å². The van der Waals surface area contributed by atoms with Crippen LogP contribution < -0.4 is 10.1 Å². The van der Waals surface area contributed by atoms with Gasteiger partial charge in [0.05, 0.1) is 17.7 Å². The number of ether oxygens (including phenoxy) is 1. The van der Waals surface area contributed by atoms with Gasteiger partial charge in [-0.25, -0.2) is 13.4 Å². The van der Waals surface area contributed by atoms with E-state index in [0.717, 1.165) is 10.6 Å². The Bertz CT molecular complexity index is 895. The summed E-state index contributed by atoms with van der Waals surface area (Å²) in [6.45, 7) is 4.51. The molecular formula is C18H23N3O4S2. The number of piperidine rings is 1. The molecule has 1 aromatic carbocycles. The lowest BCUT2D eigenvalue weighted by Gasteiger charge is -2.30. The molecule has 0 spiro atoms. The van der Waals surface area contributed by atoms with Crippen LogP contribution in [-0.4, -0.2) is 43.8 Å². The van der Waals surface area contributed by atoms with Crippen LogP contribution in [0.5, 0.6) is 5.75 Å². The number of nitrogens with one attached hydrogen (secondary N) is 1. The second kappa shape index (κ2) is 7.95. The normalized spacial score (nSPS) is 16.3. The quantitative estimate of drug-likeness (QED) is 0.820. The van der Waals surface area contributed by atoms with Crippen molar-refractivity contribution < 1.29 is 17.9 Å². The van der Waals surface area contributed by atoms with E-state index in [9.17, 15) is 13.2 Å². The molecule has 1 aliphatic rings. The molecule has 1 N–H and O–H groups in total. The summed E-state index contributed by atoms with van der Waals surface area (Å²) in [5.74, 6) is 0.305. The molecule has 0 unspecified atom stereocenters. The van der Waals surface area contributed by atoms with E-state index in [4.69, 9.17) is 4.74 Å². The van der Waals surface area contributed by atoms with Crippen LogP contribution in [0.4, 0.5) is 5.13 Å². The van der Waals surface area contributed by atoms with E-state index in [1.807, 2.05) is 13.8 Å². The second-order valence-electron chi connectivity index (χ2n) is 6.50. The van der Waals surface area contributed by atoms with Crippen LogP contribution in [0.25, 0.3) is 0 Å². The Labute approximate surface area is 163 Å². The van der Waals surface area contributed by atoms with E-state index < -0.39 is 10.0 Å². The smallest absolute Gasteiger partial charge is 0.243 e. The summed E-state index contributed by atoms with van der Waals surface area (Å²) in [6, 6.07) is 6.34. The molecule has 27 heavy (non-hydrogen) atoms. The summed E-state index contributed by atoms with van der Waals surface area (Å²) in [5.41, 5.74) is 0.913. The van der Waals surface area contributed by atoms with Gasteiger partial charge in [-0.15, -0.1) is 11.3 Å². The maximum atomic E-state index is 12.8. The number of carbonyl (C=O) groups excluding carboxylic acids is 1. The van der Waals surface area contributed by atoms with Gasteiger partial charge >= 0.3 is 0 Å². The Balaban J connectivity index is 1.61. The van der Waals surface area contributed by atoms with Gasteiger partial charge < -0.3 is 10.1 Å². The van der Waals surface area contributed by atoms with Gasteiger partial charge in [0.1, 0.15) is 5.75 Å². The zero-order valence-corrected chi connectivity index (χ0v) is 17.2. The largest absolute Gasteiger partial charge is 0.497 e. The molecule has 0 saturated carbocycles. The molecule has 3 rings (SSSR count). The van der Waals surface area contributed by atoms with Gasteiger partial charge in [0, 0.05) is 23.9 Å². The molecule has 146 valence electrons. The first-order valence-electron chi connectivity index (χ1n) is 8.70. The number of sulfonamides is 1. The molecule has 9 heteroatoms. The first-order valence-corrected chi connectivity index (χ1v) is 11.0. The van der Waals surface area contributed by atoms with Crippen molar-refractivity contribution in [3.05, 3.63) is 34.8 Å². The monoisotopic (exact) mass is 409 g/mol. The van der Waals surface area contributed by atoms with Crippen molar-refractivity contribution in [2.45, 2.75) is 31.6 Å². The summed E-state index contributed by atoms with van der Waals surface area (Å²) in [7, 11) is -2.03. The molecule has 2 heterocycles. The number of rotatable bonds is 5. The minimum absolute atomic E-state index is 0.0924. The van der Waals surface area contributed by atoms with Crippen molar-refractivity contribution >= 4 is 32.4 Å².